The highest BCUT2D eigenvalue weighted by Crippen LogP contribution is 2.32. The number of carbonyl (C=O) groups excluding carboxylic acids is 2. The molecule has 0 radical (unpaired) electrons. The van der Waals surface area contributed by atoms with Crippen LogP contribution in [0.1, 0.15) is 22.8 Å². The average molecular weight is 507 g/mol. The van der Waals surface area contributed by atoms with Gasteiger partial charge in [0.15, 0.2) is 10.1 Å². The third kappa shape index (κ3) is 6.08. The first-order chi connectivity index (χ1) is 16.8. The predicted molar refractivity (Wildman–Crippen MR) is 137 cm³/mol. The van der Waals surface area contributed by atoms with Crippen LogP contribution in [0.25, 0.3) is 10.2 Å². The molecule has 0 aliphatic heterocycles. The number of aromatic nitrogens is 1. The standard InChI is InChI=1S/C24H18N4O5S2/c1-14(29)15-2-4-17(5-3-15)26-23(31)13-34-24-27-20-8-6-18(11-22(20)35-24)25-12-16-10-19(28(32)33)7-9-21(16)30/h2-12,30H,13H2,1H3,(H,26,31). The Balaban J connectivity index is 1.40. The molecule has 2 N–H and O–H groups in total. The van der Waals surface area contributed by atoms with E-state index in [1.54, 1.807) is 36.4 Å². The van der Waals surface area contributed by atoms with Crippen molar-refractivity contribution in [1.82, 2.24) is 4.98 Å². The molecule has 0 saturated carbocycles. The number of non-ortho nitro benzene ring substituents is 1. The monoisotopic (exact) mass is 506 g/mol. The summed E-state index contributed by atoms with van der Waals surface area (Å²) in [6, 6.07) is 15.8. The predicted octanol–water partition coefficient (Wildman–Crippen LogP) is 5.59. The van der Waals surface area contributed by atoms with Crippen LogP contribution in [0.3, 0.4) is 0 Å². The number of aliphatic imine (C=N–C) groups is 1. The lowest BCUT2D eigenvalue weighted by Gasteiger charge is -2.04. The molecule has 1 aromatic heterocycles. The number of hydrogen-bond donors (Lipinski definition) is 2. The van der Waals surface area contributed by atoms with Gasteiger partial charge < -0.3 is 10.4 Å². The molecule has 0 fully saturated rings. The lowest BCUT2D eigenvalue weighted by molar-refractivity contribution is -0.384. The Morgan fingerprint density at radius 1 is 1.17 bits per heavy atom. The number of Topliss-reactive ketones (excluding diaryl/α,β-unsaturated/α-hetero) is 1. The molecule has 0 aliphatic rings. The van der Waals surface area contributed by atoms with Gasteiger partial charge >= 0.3 is 0 Å². The minimum absolute atomic E-state index is 0.0368. The number of amides is 1. The van der Waals surface area contributed by atoms with E-state index in [0.29, 0.717) is 16.9 Å². The van der Waals surface area contributed by atoms with Gasteiger partial charge in [-0.25, -0.2) is 4.98 Å². The van der Waals surface area contributed by atoms with Crippen molar-refractivity contribution in [3.05, 3.63) is 81.9 Å². The molecule has 0 saturated heterocycles. The smallest absolute Gasteiger partial charge is 0.270 e. The molecule has 35 heavy (non-hydrogen) atoms. The number of carbonyl (C=O) groups is 2. The van der Waals surface area contributed by atoms with Crippen LogP contribution in [0.15, 0.2) is 70.0 Å². The molecule has 0 atom stereocenters. The summed E-state index contributed by atoms with van der Waals surface area (Å²) in [4.78, 5) is 42.9. The van der Waals surface area contributed by atoms with Gasteiger partial charge in [-0.1, -0.05) is 11.8 Å². The number of nitro groups is 1. The fourth-order valence-electron chi connectivity index (χ4n) is 3.05. The highest BCUT2D eigenvalue weighted by molar-refractivity contribution is 8.01. The first-order valence-corrected chi connectivity index (χ1v) is 12.0. The van der Waals surface area contributed by atoms with Crippen molar-refractivity contribution >= 4 is 68.3 Å². The Morgan fingerprint density at radius 2 is 1.94 bits per heavy atom. The second-order valence-electron chi connectivity index (χ2n) is 7.36. The van der Waals surface area contributed by atoms with Crippen molar-refractivity contribution in [2.75, 3.05) is 11.1 Å². The highest BCUT2D eigenvalue weighted by Gasteiger charge is 2.11. The minimum atomic E-state index is -0.538. The van der Waals surface area contributed by atoms with E-state index in [2.05, 4.69) is 15.3 Å². The second-order valence-corrected chi connectivity index (χ2v) is 9.61. The Bertz CT molecular complexity index is 1460. The van der Waals surface area contributed by atoms with E-state index in [1.165, 1.54) is 54.4 Å². The molecule has 3 aromatic carbocycles. The molecule has 1 heterocycles. The number of phenols is 1. The quantitative estimate of drug-likeness (QED) is 0.104. The number of benzene rings is 3. The van der Waals surface area contributed by atoms with Crippen LogP contribution in [0.5, 0.6) is 5.75 Å². The van der Waals surface area contributed by atoms with Gasteiger partial charge in [-0.15, -0.1) is 11.3 Å². The second kappa shape index (κ2) is 10.5. The topological polar surface area (TPSA) is 135 Å². The molecule has 4 rings (SSSR count). The van der Waals surface area contributed by atoms with Crippen LogP contribution in [0.2, 0.25) is 0 Å². The number of thioether (sulfide) groups is 1. The number of fused-ring (bicyclic) bond motifs is 1. The van der Waals surface area contributed by atoms with E-state index >= 15 is 0 Å². The van der Waals surface area contributed by atoms with Gasteiger partial charge in [0, 0.05) is 35.2 Å². The maximum atomic E-state index is 12.3. The van der Waals surface area contributed by atoms with Gasteiger partial charge in [-0.05, 0) is 55.5 Å². The summed E-state index contributed by atoms with van der Waals surface area (Å²) >= 11 is 2.73. The number of nitro benzene ring substituents is 1. The van der Waals surface area contributed by atoms with Gasteiger partial charge in [-0.3, -0.25) is 24.7 Å². The summed E-state index contributed by atoms with van der Waals surface area (Å²) in [6.07, 6.45) is 1.37. The largest absolute Gasteiger partial charge is 0.507 e. The molecule has 9 nitrogen and oxygen atoms in total. The number of phenolic OH excluding ortho intramolecular Hbond substituents is 1. The Kier molecular flexibility index (Phi) is 7.18. The van der Waals surface area contributed by atoms with Crippen molar-refractivity contribution in [3.63, 3.8) is 0 Å². The number of aromatic hydroxyl groups is 1. The zero-order valence-corrected chi connectivity index (χ0v) is 19.9. The summed E-state index contributed by atoms with van der Waals surface area (Å²) in [6.45, 7) is 1.49. The van der Waals surface area contributed by atoms with Crippen LogP contribution in [0.4, 0.5) is 17.1 Å². The van der Waals surface area contributed by atoms with E-state index < -0.39 is 4.92 Å². The van der Waals surface area contributed by atoms with Gasteiger partial charge in [0.1, 0.15) is 5.75 Å². The Hall–Kier alpha value is -4.09. The van der Waals surface area contributed by atoms with Crippen LogP contribution >= 0.6 is 23.1 Å². The van der Waals surface area contributed by atoms with Gasteiger partial charge in [0.2, 0.25) is 5.91 Å². The first kappa shape index (κ1) is 24.0. The van der Waals surface area contributed by atoms with Gasteiger partial charge in [0.25, 0.3) is 5.69 Å². The zero-order valence-electron chi connectivity index (χ0n) is 18.3. The number of rotatable bonds is 8. The lowest BCUT2D eigenvalue weighted by Crippen LogP contribution is -2.13. The summed E-state index contributed by atoms with van der Waals surface area (Å²) in [5.74, 6) is -0.159. The number of nitrogens with one attached hydrogen (secondary N) is 1. The van der Waals surface area contributed by atoms with Gasteiger partial charge in [0.05, 0.1) is 26.6 Å². The van der Waals surface area contributed by atoms with Crippen LogP contribution in [-0.4, -0.2) is 38.7 Å². The van der Waals surface area contributed by atoms with E-state index in [0.717, 1.165) is 14.6 Å². The average Bonchev–Trinajstić information content (AvgIpc) is 3.24. The lowest BCUT2D eigenvalue weighted by atomic mass is 10.1. The third-order valence-electron chi connectivity index (χ3n) is 4.83. The molecule has 0 spiro atoms. The highest BCUT2D eigenvalue weighted by atomic mass is 32.2. The zero-order chi connectivity index (χ0) is 24.9. The van der Waals surface area contributed by atoms with E-state index in [-0.39, 0.29) is 34.4 Å². The molecular formula is C24H18N4O5S2. The maximum absolute atomic E-state index is 12.3. The minimum Gasteiger partial charge on any atom is -0.507 e. The molecule has 4 aromatic rings. The number of nitrogens with zero attached hydrogens (tertiary/aromatic N) is 3. The van der Waals surface area contributed by atoms with Crippen molar-refractivity contribution in [2.45, 2.75) is 11.3 Å². The maximum Gasteiger partial charge on any atom is 0.270 e. The van der Waals surface area contributed by atoms with Crippen LogP contribution < -0.4 is 5.32 Å². The third-order valence-corrected chi connectivity index (χ3v) is 6.99. The summed E-state index contributed by atoms with van der Waals surface area (Å²) in [5, 5.41) is 23.7. The van der Waals surface area contributed by atoms with Crippen molar-refractivity contribution in [3.8, 4) is 5.75 Å². The van der Waals surface area contributed by atoms with E-state index in [4.69, 9.17) is 0 Å². The Morgan fingerprint density at radius 3 is 2.66 bits per heavy atom. The SMILES string of the molecule is CC(=O)c1ccc(NC(=O)CSc2nc3ccc(N=Cc4cc([N+](=O)[O-])ccc4O)cc3s2)cc1. The molecular weight excluding hydrogens is 488 g/mol. The van der Waals surface area contributed by atoms with E-state index in [1.807, 2.05) is 6.07 Å². The summed E-state index contributed by atoms with van der Waals surface area (Å²) in [7, 11) is 0. The molecule has 1 amide bonds. The number of thiazole rings is 1. The number of hydrogen-bond acceptors (Lipinski definition) is 9. The number of ketones is 1. The Labute approximate surface area is 207 Å². The van der Waals surface area contributed by atoms with Crippen LogP contribution in [0, 0.1) is 10.1 Å². The fourth-order valence-corrected chi connectivity index (χ4v) is 4.95. The molecule has 11 heteroatoms. The number of anilines is 1. The molecule has 0 bridgehead atoms. The van der Waals surface area contributed by atoms with Crippen molar-refractivity contribution in [2.24, 2.45) is 4.99 Å². The molecule has 176 valence electrons. The first-order valence-electron chi connectivity index (χ1n) is 10.2. The van der Waals surface area contributed by atoms with Gasteiger partial charge in [-0.2, -0.15) is 0 Å². The van der Waals surface area contributed by atoms with Crippen molar-refractivity contribution in [1.29, 1.82) is 0 Å². The fraction of sp³-hybridized carbons (Fsp3) is 0.0833. The van der Waals surface area contributed by atoms with E-state index in [9.17, 15) is 24.8 Å². The van der Waals surface area contributed by atoms with Crippen LogP contribution in [-0.2, 0) is 4.79 Å². The normalized spacial score (nSPS) is 11.1. The summed E-state index contributed by atoms with van der Waals surface area (Å²) in [5.41, 5.74) is 2.65. The molecule has 0 aliphatic carbocycles. The summed E-state index contributed by atoms with van der Waals surface area (Å²) < 4.78 is 1.59. The molecule has 0 unspecified atom stereocenters. The van der Waals surface area contributed by atoms with Crippen molar-refractivity contribution < 1.29 is 19.6 Å².